The molecule has 0 radical (unpaired) electrons. The van der Waals surface area contributed by atoms with E-state index in [4.69, 9.17) is 5.11 Å². The first-order chi connectivity index (χ1) is 9.96. The summed E-state index contributed by atoms with van der Waals surface area (Å²) in [6.45, 7) is 3.99. The topological polar surface area (TPSA) is 79.3 Å². The van der Waals surface area contributed by atoms with Crippen molar-refractivity contribution in [2.24, 2.45) is 11.8 Å². The van der Waals surface area contributed by atoms with E-state index in [9.17, 15) is 9.59 Å². The summed E-state index contributed by atoms with van der Waals surface area (Å²) in [7, 11) is 0. The first kappa shape index (κ1) is 15.9. The number of amides is 1. The van der Waals surface area contributed by atoms with Crippen LogP contribution in [0.4, 0.5) is 0 Å². The zero-order chi connectivity index (χ0) is 15.5. The van der Waals surface area contributed by atoms with Gasteiger partial charge in [0, 0.05) is 17.5 Å². The Hall–Kier alpha value is -1.43. The molecule has 0 aromatic carbocycles. The maximum absolute atomic E-state index is 12.5. The van der Waals surface area contributed by atoms with Crippen LogP contribution >= 0.6 is 11.3 Å². The number of aromatic nitrogens is 1. The van der Waals surface area contributed by atoms with Gasteiger partial charge in [-0.15, -0.1) is 11.3 Å². The van der Waals surface area contributed by atoms with Gasteiger partial charge < -0.3 is 10.4 Å². The van der Waals surface area contributed by atoms with Crippen LogP contribution in [0.25, 0.3) is 0 Å². The molecule has 3 atom stereocenters. The highest BCUT2D eigenvalue weighted by Gasteiger charge is 2.35. The Morgan fingerprint density at radius 1 is 1.48 bits per heavy atom. The predicted molar refractivity (Wildman–Crippen MR) is 81.0 cm³/mol. The Labute approximate surface area is 128 Å². The second-order valence-electron chi connectivity index (χ2n) is 5.91. The van der Waals surface area contributed by atoms with Gasteiger partial charge in [-0.3, -0.25) is 9.59 Å². The molecule has 2 rings (SSSR count). The number of carbonyl (C=O) groups excluding carboxylic acids is 1. The molecule has 0 spiro atoms. The number of hydrogen-bond acceptors (Lipinski definition) is 4. The van der Waals surface area contributed by atoms with Gasteiger partial charge in [-0.1, -0.05) is 13.3 Å². The van der Waals surface area contributed by atoms with Crippen molar-refractivity contribution in [3.63, 3.8) is 0 Å². The second kappa shape index (κ2) is 6.56. The zero-order valence-corrected chi connectivity index (χ0v) is 13.3. The average Bonchev–Trinajstić information content (AvgIpc) is 3.02. The summed E-state index contributed by atoms with van der Waals surface area (Å²) in [6, 6.07) is 0. The van der Waals surface area contributed by atoms with Crippen LogP contribution < -0.4 is 5.32 Å². The summed E-state index contributed by atoms with van der Waals surface area (Å²) in [4.78, 5) is 27.9. The lowest BCUT2D eigenvalue weighted by molar-refractivity contribution is -0.144. The summed E-state index contributed by atoms with van der Waals surface area (Å²) >= 11 is 1.53. The molecule has 1 aromatic rings. The van der Waals surface area contributed by atoms with Gasteiger partial charge >= 0.3 is 5.97 Å². The normalized spacial score (nSPS) is 25.0. The van der Waals surface area contributed by atoms with Crippen LogP contribution in [0.5, 0.6) is 0 Å². The van der Waals surface area contributed by atoms with E-state index in [0.29, 0.717) is 12.8 Å². The third-order valence-electron chi connectivity index (χ3n) is 4.40. The molecule has 2 N–H and O–H groups in total. The molecule has 1 saturated carbocycles. The summed E-state index contributed by atoms with van der Waals surface area (Å²) in [6.07, 6.45) is 5.18. The summed E-state index contributed by atoms with van der Waals surface area (Å²) < 4.78 is 0. The molecule has 1 amide bonds. The van der Waals surface area contributed by atoms with E-state index in [2.05, 4.69) is 10.3 Å². The number of hydrogen-bond donors (Lipinski definition) is 2. The molecular formula is C15H22N2O3S. The molecule has 5 nitrogen and oxygen atoms in total. The lowest BCUT2D eigenvalue weighted by atomic mass is 9.80. The minimum Gasteiger partial charge on any atom is -0.481 e. The third kappa shape index (κ3) is 3.61. The highest BCUT2D eigenvalue weighted by atomic mass is 32.1. The fraction of sp³-hybridized carbons (Fsp3) is 0.667. The Kier molecular flexibility index (Phi) is 4.98. The molecule has 3 unspecified atom stereocenters. The van der Waals surface area contributed by atoms with E-state index >= 15 is 0 Å². The van der Waals surface area contributed by atoms with Crippen molar-refractivity contribution in [2.45, 2.75) is 51.5 Å². The maximum Gasteiger partial charge on any atom is 0.306 e. The van der Waals surface area contributed by atoms with Crippen LogP contribution in [0.2, 0.25) is 0 Å². The number of nitrogens with zero attached hydrogens (tertiary/aromatic N) is 1. The molecule has 1 heterocycles. The standard InChI is InChI=1S/C15H22N2O3S/c1-3-15(2,14-16-7-8-21-14)17-12(18)10-5-4-6-11(9-10)13(19)20/h7-8,10-11H,3-6,9H2,1-2H3,(H,17,18)(H,19,20). The highest BCUT2D eigenvalue weighted by molar-refractivity contribution is 7.09. The monoisotopic (exact) mass is 310 g/mol. The van der Waals surface area contributed by atoms with Crippen LogP contribution in [0, 0.1) is 11.8 Å². The molecular weight excluding hydrogens is 288 g/mol. The van der Waals surface area contributed by atoms with Crippen molar-refractivity contribution in [1.82, 2.24) is 10.3 Å². The summed E-state index contributed by atoms with van der Waals surface area (Å²) in [5.41, 5.74) is -0.471. The minimum atomic E-state index is -0.786. The lowest BCUT2D eigenvalue weighted by Gasteiger charge is -2.32. The number of aliphatic carboxylic acids is 1. The third-order valence-corrected chi connectivity index (χ3v) is 5.44. The number of nitrogens with one attached hydrogen (secondary N) is 1. The molecule has 0 saturated heterocycles. The Morgan fingerprint density at radius 3 is 2.76 bits per heavy atom. The van der Waals surface area contributed by atoms with E-state index in [1.54, 1.807) is 6.20 Å². The van der Waals surface area contributed by atoms with Gasteiger partial charge in [-0.05, 0) is 32.6 Å². The molecule has 21 heavy (non-hydrogen) atoms. The van der Waals surface area contributed by atoms with Gasteiger partial charge in [0.25, 0.3) is 0 Å². The first-order valence-corrected chi connectivity index (χ1v) is 8.29. The van der Waals surface area contributed by atoms with E-state index in [1.807, 2.05) is 19.2 Å². The maximum atomic E-state index is 12.5. The predicted octanol–water partition coefficient (Wildman–Crippen LogP) is 2.78. The van der Waals surface area contributed by atoms with Crippen LogP contribution in [0.1, 0.15) is 51.0 Å². The molecule has 1 aliphatic rings. The Bertz CT molecular complexity index is 503. The molecule has 1 aliphatic carbocycles. The van der Waals surface area contributed by atoms with Gasteiger partial charge in [0.2, 0.25) is 5.91 Å². The van der Waals surface area contributed by atoms with Crippen molar-refractivity contribution in [3.05, 3.63) is 16.6 Å². The first-order valence-electron chi connectivity index (χ1n) is 7.41. The van der Waals surface area contributed by atoms with E-state index < -0.39 is 11.5 Å². The van der Waals surface area contributed by atoms with Crippen molar-refractivity contribution in [1.29, 1.82) is 0 Å². The minimum absolute atomic E-state index is 0.0412. The van der Waals surface area contributed by atoms with E-state index in [1.165, 1.54) is 11.3 Å². The average molecular weight is 310 g/mol. The van der Waals surface area contributed by atoms with Crippen LogP contribution in [-0.4, -0.2) is 22.0 Å². The highest BCUT2D eigenvalue weighted by Crippen LogP contribution is 2.32. The molecule has 1 aromatic heterocycles. The number of carboxylic acid groups (broad SMARTS) is 1. The van der Waals surface area contributed by atoms with Crippen LogP contribution in [0.3, 0.4) is 0 Å². The van der Waals surface area contributed by atoms with Crippen molar-refractivity contribution in [3.8, 4) is 0 Å². The molecule has 0 bridgehead atoms. The van der Waals surface area contributed by atoms with Gasteiger partial charge in [0.15, 0.2) is 0 Å². The Balaban J connectivity index is 2.04. The fourth-order valence-corrected chi connectivity index (χ4v) is 3.64. The van der Waals surface area contributed by atoms with E-state index in [0.717, 1.165) is 24.3 Å². The number of thiazole rings is 1. The number of carbonyl (C=O) groups is 2. The summed E-state index contributed by atoms with van der Waals surface area (Å²) in [5.74, 6) is -1.42. The molecule has 116 valence electrons. The van der Waals surface area contributed by atoms with Crippen molar-refractivity contribution in [2.75, 3.05) is 0 Å². The summed E-state index contributed by atoms with van der Waals surface area (Å²) in [5, 5.41) is 15.0. The van der Waals surface area contributed by atoms with Gasteiger partial charge in [0.05, 0.1) is 11.5 Å². The molecule has 6 heteroatoms. The number of carboxylic acids is 1. The van der Waals surface area contributed by atoms with Crippen molar-refractivity contribution < 1.29 is 14.7 Å². The smallest absolute Gasteiger partial charge is 0.306 e. The van der Waals surface area contributed by atoms with Crippen molar-refractivity contribution >= 4 is 23.2 Å². The molecule has 0 aliphatic heterocycles. The van der Waals surface area contributed by atoms with Gasteiger partial charge in [0.1, 0.15) is 5.01 Å². The SMILES string of the molecule is CCC(C)(NC(=O)C1CCCC(C(=O)O)C1)c1nccs1. The lowest BCUT2D eigenvalue weighted by Crippen LogP contribution is -2.46. The van der Waals surface area contributed by atoms with Gasteiger partial charge in [-0.25, -0.2) is 4.98 Å². The molecule has 1 fully saturated rings. The largest absolute Gasteiger partial charge is 0.481 e. The quantitative estimate of drug-likeness (QED) is 0.876. The fourth-order valence-electron chi connectivity index (χ4n) is 2.82. The number of rotatable bonds is 5. The van der Waals surface area contributed by atoms with E-state index in [-0.39, 0.29) is 17.7 Å². The van der Waals surface area contributed by atoms with Gasteiger partial charge in [-0.2, -0.15) is 0 Å². The Morgan fingerprint density at radius 2 is 2.19 bits per heavy atom. The van der Waals surface area contributed by atoms with Crippen LogP contribution in [0.15, 0.2) is 11.6 Å². The zero-order valence-electron chi connectivity index (χ0n) is 12.5. The second-order valence-corrected chi connectivity index (χ2v) is 6.81. The van der Waals surface area contributed by atoms with Crippen LogP contribution in [-0.2, 0) is 15.1 Å².